The highest BCUT2D eigenvalue weighted by atomic mass is 32.1. The molecular formula is C54H55BN2S. The van der Waals surface area contributed by atoms with Crippen LogP contribution in [0.5, 0.6) is 0 Å². The summed E-state index contributed by atoms with van der Waals surface area (Å²) in [5.41, 5.74) is 20.2. The van der Waals surface area contributed by atoms with E-state index in [-0.39, 0.29) is 23.0 Å². The summed E-state index contributed by atoms with van der Waals surface area (Å²) in [5.74, 6) is 0.468. The highest BCUT2D eigenvalue weighted by molar-refractivity contribution is 7.33. The predicted molar refractivity (Wildman–Crippen MR) is 254 cm³/mol. The number of hydrogen-bond donors (Lipinski definition) is 0. The number of fused-ring (bicyclic) bond motifs is 7. The van der Waals surface area contributed by atoms with Crippen LogP contribution in [-0.2, 0) is 16.2 Å². The highest BCUT2D eigenvalue weighted by Crippen LogP contribution is 2.52. The molecule has 3 heterocycles. The van der Waals surface area contributed by atoms with Crippen molar-refractivity contribution in [1.29, 1.82) is 0 Å². The van der Waals surface area contributed by atoms with Gasteiger partial charge in [-0.2, -0.15) is 0 Å². The Morgan fingerprint density at radius 3 is 1.97 bits per heavy atom. The summed E-state index contributed by atoms with van der Waals surface area (Å²) in [6.45, 7) is 23.9. The lowest BCUT2D eigenvalue weighted by Crippen LogP contribution is -2.61. The van der Waals surface area contributed by atoms with Gasteiger partial charge in [-0.15, -0.1) is 11.3 Å². The van der Waals surface area contributed by atoms with Crippen molar-refractivity contribution in [3.05, 3.63) is 149 Å². The van der Waals surface area contributed by atoms with Crippen molar-refractivity contribution in [1.82, 2.24) is 0 Å². The normalized spacial score (nSPS) is 16.3. The maximum Gasteiger partial charge on any atom is 0.264 e. The summed E-state index contributed by atoms with van der Waals surface area (Å²) < 4.78 is 2.80. The quantitative estimate of drug-likeness (QED) is 0.164. The molecule has 0 saturated heterocycles. The summed E-state index contributed by atoms with van der Waals surface area (Å²) in [6, 6.07) is 47.0. The molecular weight excluding hydrogens is 719 g/mol. The third-order valence-corrected chi connectivity index (χ3v) is 14.9. The van der Waals surface area contributed by atoms with E-state index in [0.717, 1.165) is 0 Å². The fourth-order valence-corrected chi connectivity index (χ4v) is 11.5. The van der Waals surface area contributed by atoms with Gasteiger partial charge < -0.3 is 9.80 Å². The largest absolute Gasteiger partial charge is 0.311 e. The van der Waals surface area contributed by atoms with Crippen LogP contribution in [0, 0.1) is 6.92 Å². The van der Waals surface area contributed by atoms with E-state index in [1.54, 1.807) is 0 Å². The molecule has 4 heteroatoms. The second-order valence-electron chi connectivity index (χ2n) is 20.0. The first-order valence-electron chi connectivity index (χ1n) is 21.4. The van der Waals surface area contributed by atoms with Gasteiger partial charge in [-0.25, -0.2) is 0 Å². The second kappa shape index (κ2) is 13.0. The molecule has 0 unspecified atom stereocenters. The zero-order valence-corrected chi connectivity index (χ0v) is 36.7. The number of hydrogen-bond acceptors (Lipinski definition) is 3. The number of rotatable bonds is 4. The van der Waals surface area contributed by atoms with Gasteiger partial charge in [0.15, 0.2) is 0 Å². The van der Waals surface area contributed by atoms with Gasteiger partial charge in [0.05, 0.1) is 5.69 Å². The van der Waals surface area contributed by atoms with Gasteiger partial charge in [0.1, 0.15) is 0 Å². The van der Waals surface area contributed by atoms with Crippen LogP contribution in [0.15, 0.2) is 121 Å². The van der Waals surface area contributed by atoms with E-state index in [1.165, 1.54) is 112 Å². The Balaban J connectivity index is 1.32. The van der Waals surface area contributed by atoms with E-state index in [1.807, 2.05) is 11.3 Å². The van der Waals surface area contributed by atoms with Crippen molar-refractivity contribution in [2.75, 3.05) is 9.80 Å². The fraction of sp³-hybridized carbons (Fsp3) is 0.296. The molecule has 0 saturated carbocycles. The van der Waals surface area contributed by atoms with Crippen LogP contribution >= 0.6 is 11.3 Å². The van der Waals surface area contributed by atoms with Crippen molar-refractivity contribution < 1.29 is 0 Å². The monoisotopic (exact) mass is 774 g/mol. The molecule has 10 rings (SSSR count). The molecule has 290 valence electrons. The van der Waals surface area contributed by atoms with E-state index in [4.69, 9.17) is 0 Å². The van der Waals surface area contributed by atoms with Crippen LogP contribution in [0.4, 0.5) is 34.1 Å². The molecule has 6 aromatic carbocycles. The van der Waals surface area contributed by atoms with Gasteiger partial charge >= 0.3 is 0 Å². The zero-order valence-electron chi connectivity index (χ0n) is 35.9. The molecule has 0 atom stereocenters. The highest BCUT2D eigenvalue weighted by Gasteiger charge is 2.48. The molecule has 0 amide bonds. The Morgan fingerprint density at radius 1 is 0.638 bits per heavy atom. The summed E-state index contributed by atoms with van der Waals surface area (Å²) in [5, 5.41) is 1.35. The van der Waals surface area contributed by atoms with E-state index >= 15 is 0 Å². The van der Waals surface area contributed by atoms with Gasteiger partial charge in [-0.3, -0.25) is 0 Å². The van der Waals surface area contributed by atoms with Crippen LogP contribution in [0.25, 0.3) is 21.2 Å². The summed E-state index contributed by atoms with van der Waals surface area (Å²) in [7, 11) is 0. The zero-order chi connectivity index (χ0) is 40.5. The second-order valence-corrected chi connectivity index (χ2v) is 21.1. The molecule has 0 fully saturated rings. The van der Waals surface area contributed by atoms with E-state index in [9.17, 15) is 0 Å². The average molecular weight is 775 g/mol. The average Bonchev–Trinajstić information content (AvgIpc) is 3.58. The number of anilines is 6. The Hall–Kier alpha value is -5.06. The Bertz CT molecular complexity index is 2760. The first-order valence-corrected chi connectivity index (χ1v) is 22.2. The van der Waals surface area contributed by atoms with Crippen LogP contribution in [0.2, 0.25) is 0 Å². The van der Waals surface area contributed by atoms with Gasteiger partial charge in [0.25, 0.3) is 6.71 Å². The number of aryl methyl sites for hydroxylation is 1. The lowest BCUT2D eigenvalue weighted by atomic mass is 9.35. The van der Waals surface area contributed by atoms with Gasteiger partial charge in [-0.1, -0.05) is 129 Å². The Morgan fingerprint density at radius 2 is 1.29 bits per heavy atom. The fourth-order valence-electron chi connectivity index (χ4n) is 10.2. The summed E-state index contributed by atoms with van der Waals surface area (Å²) in [6.07, 6.45) is 2.36. The standard InChI is InChI=1S/C54H55BN2S/c1-33(2)35-19-22-39(23-20-35)57-47-28-34(3)27-46-49(47)55(51-50(57)41-30-38(52(4,5)6)21-24-48(41)58-51)44-31-42-43(54(9,10)26-25-53(42,7)8)32-45(44)56(46)40-18-14-17-37(29-40)36-15-12-11-13-16-36/h11-24,27-33H,25-26H2,1-10H3. The molecule has 2 aliphatic heterocycles. The van der Waals surface area contributed by atoms with E-state index < -0.39 is 0 Å². The van der Waals surface area contributed by atoms with Crippen LogP contribution in [-0.4, -0.2) is 6.71 Å². The molecule has 1 aromatic heterocycles. The lowest BCUT2D eigenvalue weighted by Gasteiger charge is -2.47. The first-order chi connectivity index (χ1) is 27.6. The SMILES string of the molecule is Cc1cc2c3c(c1)N(c1ccc(C(C)C)cc1)c1c(sc4ccc(C(C)(C)C)cc14)B3c1cc3c(cc1N2c1cccc(-c2ccccc2)c1)C(C)(C)CCC3(C)C. The van der Waals surface area contributed by atoms with E-state index in [2.05, 4.69) is 200 Å². The molecule has 0 spiro atoms. The van der Waals surface area contributed by atoms with Crippen molar-refractivity contribution >= 4 is 78.0 Å². The summed E-state index contributed by atoms with van der Waals surface area (Å²) >= 11 is 2.01. The molecule has 2 nitrogen and oxygen atoms in total. The molecule has 0 bridgehead atoms. The molecule has 7 aromatic rings. The molecule has 0 N–H and O–H groups in total. The molecule has 1 aliphatic carbocycles. The minimum absolute atomic E-state index is 0.0345. The minimum Gasteiger partial charge on any atom is -0.311 e. The van der Waals surface area contributed by atoms with Gasteiger partial charge in [-0.05, 0) is 146 Å². The minimum atomic E-state index is 0.0345. The number of benzene rings is 6. The lowest BCUT2D eigenvalue weighted by molar-refractivity contribution is 0.332. The molecule has 0 radical (unpaired) electrons. The summed E-state index contributed by atoms with van der Waals surface area (Å²) in [4.78, 5) is 5.25. The third-order valence-electron chi connectivity index (χ3n) is 13.7. The molecule has 58 heavy (non-hydrogen) atoms. The van der Waals surface area contributed by atoms with Crippen LogP contribution < -0.4 is 25.5 Å². The van der Waals surface area contributed by atoms with Crippen molar-refractivity contribution in [2.24, 2.45) is 0 Å². The Kier molecular flexibility index (Phi) is 8.33. The van der Waals surface area contributed by atoms with Crippen molar-refractivity contribution in [2.45, 2.75) is 104 Å². The van der Waals surface area contributed by atoms with E-state index in [0.29, 0.717) is 5.92 Å². The molecule has 3 aliphatic rings. The van der Waals surface area contributed by atoms with Gasteiger partial charge in [0, 0.05) is 43.3 Å². The van der Waals surface area contributed by atoms with Crippen LogP contribution in [0.1, 0.15) is 109 Å². The smallest absolute Gasteiger partial charge is 0.264 e. The predicted octanol–water partition coefficient (Wildman–Crippen LogP) is 13.7. The third kappa shape index (κ3) is 5.73. The number of thiophene rings is 1. The van der Waals surface area contributed by atoms with Crippen molar-refractivity contribution in [3.8, 4) is 11.1 Å². The van der Waals surface area contributed by atoms with Crippen LogP contribution in [0.3, 0.4) is 0 Å². The number of nitrogens with zero attached hydrogens (tertiary/aromatic N) is 2. The topological polar surface area (TPSA) is 6.48 Å². The first kappa shape index (κ1) is 37.2. The van der Waals surface area contributed by atoms with Gasteiger partial charge in [0.2, 0.25) is 0 Å². The Labute approximate surface area is 350 Å². The van der Waals surface area contributed by atoms with Crippen molar-refractivity contribution in [3.63, 3.8) is 0 Å². The maximum atomic E-state index is 2.67. The maximum absolute atomic E-state index is 2.67.